The van der Waals surface area contributed by atoms with Crippen molar-refractivity contribution >= 4 is 40.5 Å². The third-order valence-electron chi connectivity index (χ3n) is 4.35. The van der Waals surface area contributed by atoms with Crippen LogP contribution in [0.4, 0.5) is 11.4 Å². The van der Waals surface area contributed by atoms with Crippen LogP contribution >= 0.6 is 12.2 Å². The van der Waals surface area contributed by atoms with Crippen molar-refractivity contribution in [2.45, 2.75) is 6.92 Å². The Labute approximate surface area is 180 Å². The van der Waals surface area contributed by atoms with Gasteiger partial charge in [-0.1, -0.05) is 18.2 Å². The van der Waals surface area contributed by atoms with Gasteiger partial charge in [0.15, 0.2) is 5.11 Å². The molecule has 0 aliphatic carbocycles. The second kappa shape index (κ2) is 9.67. The van der Waals surface area contributed by atoms with Gasteiger partial charge >= 0.3 is 0 Å². The molecular weight excluding hydrogens is 398 g/mol. The first-order valence-corrected chi connectivity index (χ1v) is 9.60. The van der Waals surface area contributed by atoms with E-state index < -0.39 is 0 Å². The Balaban J connectivity index is 1.59. The zero-order valence-electron chi connectivity index (χ0n) is 16.6. The average molecular weight is 420 g/mol. The van der Waals surface area contributed by atoms with Crippen molar-refractivity contribution in [3.63, 3.8) is 0 Å². The Hall–Kier alpha value is -3.71. The van der Waals surface area contributed by atoms with Crippen molar-refractivity contribution in [3.05, 3.63) is 89.5 Å². The van der Waals surface area contributed by atoms with E-state index in [-0.39, 0.29) is 16.9 Å². The summed E-state index contributed by atoms with van der Waals surface area (Å²) >= 11 is 5.23. The highest BCUT2D eigenvalue weighted by molar-refractivity contribution is 7.80. The van der Waals surface area contributed by atoms with E-state index in [0.717, 1.165) is 5.56 Å². The number of aryl methyl sites for hydroxylation is 1. The summed E-state index contributed by atoms with van der Waals surface area (Å²) in [7, 11) is 1.56. The Morgan fingerprint density at radius 1 is 0.833 bits per heavy atom. The molecule has 0 atom stereocenters. The number of hydrogen-bond donors (Lipinski definition) is 3. The van der Waals surface area contributed by atoms with Gasteiger partial charge in [0.2, 0.25) is 0 Å². The minimum Gasteiger partial charge on any atom is -0.497 e. The summed E-state index contributed by atoms with van der Waals surface area (Å²) in [4.78, 5) is 24.6. The molecular formula is C23H21N3O3S. The first-order chi connectivity index (χ1) is 14.5. The molecule has 0 aliphatic heterocycles. The maximum atomic E-state index is 12.3. The molecule has 0 radical (unpaired) electrons. The molecule has 0 bridgehead atoms. The molecule has 0 unspecified atom stereocenters. The van der Waals surface area contributed by atoms with Crippen LogP contribution in [0.25, 0.3) is 0 Å². The zero-order chi connectivity index (χ0) is 21.5. The third kappa shape index (κ3) is 5.42. The van der Waals surface area contributed by atoms with Crippen LogP contribution < -0.4 is 20.7 Å². The first-order valence-electron chi connectivity index (χ1n) is 9.19. The monoisotopic (exact) mass is 419 g/mol. The summed E-state index contributed by atoms with van der Waals surface area (Å²) in [5.41, 5.74) is 3.30. The summed E-state index contributed by atoms with van der Waals surface area (Å²) in [6.45, 7) is 1.88. The SMILES string of the molecule is COc1ccc(C(=O)NC(=S)Nc2ccc(NC(=O)c3ccccc3)c(C)c2)cc1. The van der Waals surface area contributed by atoms with Crippen LogP contribution in [0.5, 0.6) is 5.75 Å². The predicted molar refractivity (Wildman–Crippen MR) is 122 cm³/mol. The van der Waals surface area contributed by atoms with Crippen molar-refractivity contribution in [3.8, 4) is 5.75 Å². The van der Waals surface area contributed by atoms with Crippen LogP contribution in [0, 0.1) is 6.92 Å². The highest BCUT2D eigenvalue weighted by atomic mass is 32.1. The number of ether oxygens (including phenoxy) is 1. The number of carbonyl (C=O) groups excluding carboxylic acids is 2. The predicted octanol–water partition coefficient (Wildman–Crippen LogP) is 4.38. The van der Waals surface area contributed by atoms with Crippen molar-refractivity contribution in [2.75, 3.05) is 17.7 Å². The number of hydrogen-bond acceptors (Lipinski definition) is 4. The van der Waals surface area contributed by atoms with E-state index >= 15 is 0 Å². The average Bonchev–Trinajstić information content (AvgIpc) is 2.76. The van der Waals surface area contributed by atoms with E-state index in [9.17, 15) is 9.59 Å². The summed E-state index contributed by atoms with van der Waals surface area (Å²) in [5.74, 6) is 0.169. The number of anilines is 2. The van der Waals surface area contributed by atoms with Crippen molar-refractivity contribution in [1.82, 2.24) is 5.32 Å². The van der Waals surface area contributed by atoms with Gasteiger partial charge in [-0.05, 0) is 79.3 Å². The van der Waals surface area contributed by atoms with Gasteiger partial charge in [-0.3, -0.25) is 14.9 Å². The Kier molecular flexibility index (Phi) is 6.77. The smallest absolute Gasteiger partial charge is 0.257 e. The highest BCUT2D eigenvalue weighted by Gasteiger charge is 2.10. The van der Waals surface area contributed by atoms with Crippen molar-refractivity contribution in [2.24, 2.45) is 0 Å². The molecule has 3 rings (SSSR count). The number of methoxy groups -OCH3 is 1. The lowest BCUT2D eigenvalue weighted by Crippen LogP contribution is -2.34. The van der Waals surface area contributed by atoms with Gasteiger partial charge in [0.1, 0.15) is 5.75 Å². The van der Waals surface area contributed by atoms with Gasteiger partial charge in [-0.15, -0.1) is 0 Å². The summed E-state index contributed by atoms with van der Waals surface area (Å²) in [5, 5.41) is 8.69. The minimum atomic E-state index is -0.321. The van der Waals surface area contributed by atoms with Crippen LogP contribution in [-0.4, -0.2) is 24.0 Å². The minimum absolute atomic E-state index is 0.177. The molecule has 0 heterocycles. The van der Waals surface area contributed by atoms with Gasteiger partial charge in [0.25, 0.3) is 11.8 Å². The number of amides is 2. The molecule has 3 aromatic rings. The highest BCUT2D eigenvalue weighted by Crippen LogP contribution is 2.20. The van der Waals surface area contributed by atoms with Gasteiger partial charge in [-0.2, -0.15) is 0 Å². The van der Waals surface area contributed by atoms with Gasteiger partial charge in [-0.25, -0.2) is 0 Å². The molecule has 0 saturated carbocycles. The molecule has 152 valence electrons. The van der Waals surface area contributed by atoms with E-state index in [1.807, 2.05) is 31.2 Å². The number of rotatable bonds is 5. The van der Waals surface area contributed by atoms with Crippen LogP contribution in [0.3, 0.4) is 0 Å². The molecule has 2 amide bonds. The molecule has 0 fully saturated rings. The largest absolute Gasteiger partial charge is 0.497 e. The quantitative estimate of drug-likeness (QED) is 0.535. The van der Waals surface area contributed by atoms with Crippen molar-refractivity contribution in [1.29, 1.82) is 0 Å². The molecule has 0 saturated heterocycles. The second-order valence-corrected chi connectivity index (χ2v) is 6.89. The number of thiocarbonyl (C=S) groups is 1. The lowest BCUT2D eigenvalue weighted by atomic mass is 10.1. The lowest BCUT2D eigenvalue weighted by molar-refractivity contribution is 0.0976. The summed E-state index contributed by atoms with van der Waals surface area (Å²) in [6.07, 6.45) is 0. The van der Waals surface area contributed by atoms with E-state index in [4.69, 9.17) is 17.0 Å². The van der Waals surface area contributed by atoms with Crippen LogP contribution in [-0.2, 0) is 0 Å². The lowest BCUT2D eigenvalue weighted by Gasteiger charge is -2.13. The van der Waals surface area contributed by atoms with Crippen LogP contribution in [0.1, 0.15) is 26.3 Å². The number of nitrogens with one attached hydrogen (secondary N) is 3. The maximum absolute atomic E-state index is 12.3. The fourth-order valence-electron chi connectivity index (χ4n) is 2.75. The molecule has 0 aromatic heterocycles. The maximum Gasteiger partial charge on any atom is 0.257 e. The summed E-state index contributed by atoms with van der Waals surface area (Å²) < 4.78 is 5.08. The van der Waals surface area contributed by atoms with E-state index in [2.05, 4.69) is 16.0 Å². The summed E-state index contributed by atoms with van der Waals surface area (Å²) in [6, 6.07) is 21.1. The van der Waals surface area contributed by atoms with E-state index in [0.29, 0.717) is 28.3 Å². The topological polar surface area (TPSA) is 79.5 Å². The molecule has 30 heavy (non-hydrogen) atoms. The van der Waals surface area contributed by atoms with Crippen LogP contribution in [0.15, 0.2) is 72.8 Å². The molecule has 0 spiro atoms. The van der Waals surface area contributed by atoms with Gasteiger partial charge in [0, 0.05) is 22.5 Å². The molecule has 7 heteroatoms. The fraction of sp³-hybridized carbons (Fsp3) is 0.0870. The zero-order valence-corrected chi connectivity index (χ0v) is 17.4. The molecule has 3 N–H and O–H groups in total. The third-order valence-corrected chi connectivity index (χ3v) is 4.55. The molecule has 3 aromatic carbocycles. The standard InChI is InChI=1S/C23H21N3O3S/c1-15-14-18(10-13-20(15)25-21(27)16-6-4-3-5-7-16)24-23(30)26-22(28)17-8-11-19(29-2)12-9-17/h3-14H,1-2H3,(H,25,27)(H2,24,26,28,30). The van der Waals surface area contributed by atoms with Crippen LogP contribution in [0.2, 0.25) is 0 Å². The fourth-order valence-corrected chi connectivity index (χ4v) is 2.96. The Morgan fingerprint density at radius 2 is 1.50 bits per heavy atom. The van der Waals surface area contributed by atoms with Crippen molar-refractivity contribution < 1.29 is 14.3 Å². The van der Waals surface area contributed by atoms with E-state index in [1.54, 1.807) is 55.6 Å². The van der Waals surface area contributed by atoms with Gasteiger partial charge in [0.05, 0.1) is 7.11 Å². The number of benzene rings is 3. The molecule has 6 nitrogen and oxygen atoms in total. The van der Waals surface area contributed by atoms with Gasteiger partial charge < -0.3 is 15.4 Å². The first kappa shape index (κ1) is 21.0. The normalized spacial score (nSPS) is 10.1. The molecule has 0 aliphatic rings. The Bertz CT molecular complexity index is 1070. The number of carbonyl (C=O) groups is 2. The van der Waals surface area contributed by atoms with E-state index in [1.165, 1.54) is 0 Å². The Morgan fingerprint density at radius 3 is 2.13 bits per heavy atom. The second-order valence-electron chi connectivity index (χ2n) is 6.49.